The average Bonchev–Trinajstić information content (AvgIpc) is 3.17. The van der Waals surface area contributed by atoms with Crippen molar-refractivity contribution < 1.29 is 14.3 Å². The summed E-state index contributed by atoms with van der Waals surface area (Å²) in [4.78, 5) is 16.5. The number of ether oxygens (including phenoxy) is 2. The van der Waals surface area contributed by atoms with E-state index >= 15 is 0 Å². The van der Waals surface area contributed by atoms with Gasteiger partial charge in [0, 0.05) is 29.1 Å². The molecule has 2 heterocycles. The molecule has 3 aromatic rings. The third kappa shape index (κ3) is 3.25. The molecule has 0 unspecified atom stereocenters. The highest BCUT2D eigenvalue weighted by atomic mass is 16.7. The van der Waals surface area contributed by atoms with Crippen LogP contribution in [0.2, 0.25) is 0 Å². The lowest BCUT2D eigenvalue weighted by atomic mass is 10.0. The van der Waals surface area contributed by atoms with E-state index in [0.29, 0.717) is 22.8 Å². The van der Waals surface area contributed by atoms with E-state index in [0.717, 1.165) is 11.1 Å². The van der Waals surface area contributed by atoms with E-state index in [1.54, 1.807) is 30.6 Å². The first-order chi connectivity index (χ1) is 12.8. The smallest absolute Gasteiger partial charge is 0.271 e. The lowest BCUT2D eigenvalue weighted by Gasteiger charge is -2.08. The van der Waals surface area contributed by atoms with Crippen LogP contribution in [0.25, 0.3) is 0 Å². The number of benzene rings is 2. The van der Waals surface area contributed by atoms with Crippen LogP contribution < -0.4 is 14.9 Å². The predicted octanol–water partition coefficient (Wildman–Crippen LogP) is 2.99. The van der Waals surface area contributed by atoms with Crippen molar-refractivity contribution >= 4 is 11.6 Å². The Balaban J connectivity index is 1.62. The molecule has 1 aliphatic heterocycles. The SMILES string of the molecule is O=C(N/N=C(\c1ccccc1)c1ccncc1)c1ccc2c(c1)OCO2. The standard InChI is InChI=1S/C20H15N3O3/c24-20(16-6-7-17-18(12-16)26-13-25-17)23-22-19(14-4-2-1-3-5-14)15-8-10-21-11-9-15/h1-12H,13H2,(H,23,24)/b22-19+. The van der Waals surface area contributed by atoms with Crippen LogP contribution in [-0.2, 0) is 0 Å². The third-order valence-electron chi connectivity index (χ3n) is 3.90. The fourth-order valence-corrected chi connectivity index (χ4v) is 2.61. The largest absolute Gasteiger partial charge is 0.454 e. The van der Waals surface area contributed by atoms with Crippen LogP contribution in [0.3, 0.4) is 0 Å². The summed E-state index contributed by atoms with van der Waals surface area (Å²) in [5, 5.41) is 4.35. The first kappa shape index (κ1) is 15.8. The molecule has 0 aliphatic carbocycles. The molecule has 128 valence electrons. The second-order valence-electron chi connectivity index (χ2n) is 5.57. The summed E-state index contributed by atoms with van der Waals surface area (Å²) in [6.07, 6.45) is 3.38. The second kappa shape index (κ2) is 7.06. The lowest BCUT2D eigenvalue weighted by molar-refractivity contribution is 0.0954. The maximum Gasteiger partial charge on any atom is 0.271 e. The van der Waals surface area contributed by atoms with Crippen molar-refractivity contribution in [3.05, 3.63) is 89.7 Å². The van der Waals surface area contributed by atoms with Gasteiger partial charge < -0.3 is 9.47 Å². The van der Waals surface area contributed by atoms with Crippen LogP contribution in [0.15, 0.2) is 78.2 Å². The molecule has 0 atom stereocenters. The average molecular weight is 345 g/mol. The summed E-state index contributed by atoms with van der Waals surface area (Å²) in [7, 11) is 0. The molecule has 0 radical (unpaired) electrons. The quantitative estimate of drug-likeness (QED) is 0.583. The molecule has 0 spiro atoms. The molecule has 4 rings (SSSR count). The number of rotatable bonds is 4. The molecule has 6 heteroatoms. The van der Waals surface area contributed by atoms with E-state index in [1.807, 2.05) is 42.5 Å². The molecule has 1 aliphatic rings. The molecular weight excluding hydrogens is 330 g/mol. The van der Waals surface area contributed by atoms with E-state index in [9.17, 15) is 4.79 Å². The zero-order chi connectivity index (χ0) is 17.8. The van der Waals surface area contributed by atoms with Gasteiger partial charge in [0.2, 0.25) is 6.79 Å². The minimum Gasteiger partial charge on any atom is -0.454 e. The maximum absolute atomic E-state index is 12.5. The Morgan fingerprint density at radius 2 is 1.62 bits per heavy atom. The first-order valence-electron chi connectivity index (χ1n) is 8.05. The number of nitrogens with one attached hydrogen (secondary N) is 1. The summed E-state index contributed by atoms with van der Waals surface area (Å²) < 4.78 is 10.6. The molecule has 2 aromatic carbocycles. The number of fused-ring (bicyclic) bond motifs is 1. The minimum absolute atomic E-state index is 0.165. The summed E-state index contributed by atoms with van der Waals surface area (Å²) in [6, 6.07) is 18.4. The number of pyridine rings is 1. The zero-order valence-corrected chi connectivity index (χ0v) is 13.8. The highest BCUT2D eigenvalue weighted by Gasteiger charge is 2.16. The fourth-order valence-electron chi connectivity index (χ4n) is 2.61. The van der Waals surface area contributed by atoms with Crippen molar-refractivity contribution in [2.75, 3.05) is 6.79 Å². The van der Waals surface area contributed by atoms with Crippen molar-refractivity contribution in [3.8, 4) is 11.5 Å². The molecule has 1 N–H and O–H groups in total. The van der Waals surface area contributed by atoms with E-state index in [-0.39, 0.29) is 12.7 Å². The van der Waals surface area contributed by atoms with E-state index < -0.39 is 0 Å². The van der Waals surface area contributed by atoms with Crippen LogP contribution in [0.4, 0.5) is 0 Å². The minimum atomic E-state index is -0.328. The molecule has 1 amide bonds. The summed E-state index contributed by atoms with van der Waals surface area (Å²) in [5.74, 6) is 0.858. The summed E-state index contributed by atoms with van der Waals surface area (Å²) >= 11 is 0. The number of hydrogen-bond acceptors (Lipinski definition) is 5. The third-order valence-corrected chi connectivity index (χ3v) is 3.90. The Morgan fingerprint density at radius 3 is 2.42 bits per heavy atom. The van der Waals surface area contributed by atoms with Gasteiger partial charge in [-0.15, -0.1) is 0 Å². The molecule has 0 fully saturated rings. The van der Waals surface area contributed by atoms with Crippen molar-refractivity contribution in [3.63, 3.8) is 0 Å². The zero-order valence-electron chi connectivity index (χ0n) is 13.8. The van der Waals surface area contributed by atoms with Crippen LogP contribution in [0.5, 0.6) is 11.5 Å². The van der Waals surface area contributed by atoms with Gasteiger partial charge >= 0.3 is 0 Å². The van der Waals surface area contributed by atoms with Gasteiger partial charge in [-0.05, 0) is 30.3 Å². The second-order valence-corrected chi connectivity index (χ2v) is 5.57. The number of amides is 1. The topological polar surface area (TPSA) is 72.8 Å². The molecule has 6 nitrogen and oxygen atoms in total. The van der Waals surface area contributed by atoms with Gasteiger partial charge in [-0.2, -0.15) is 5.10 Å². The Bertz CT molecular complexity index is 915. The normalized spacial score (nSPS) is 12.7. The highest BCUT2D eigenvalue weighted by Crippen LogP contribution is 2.32. The summed E-state index contributed by atoms with van der Waals surface area (Å²) in [5.41, 5.74) is 5.47. The Labute approximate surface area is 150 Å². The lowest BCUT2D eigenvalue weighted by Crippen LogP contribution is -2.20. The molecule has 26 heavy (non-hydrogen) atoms. The van der Waals surface area contributed by atoms with E-state index in [2.05, 4.69) is 15.5 Å². The highest BCUT2D eigenvalue weighted by molar-refractivity contribution is 6.13. The van der Waals surface area contributed by atoms with Crippen LogP contribution >= 0.6 is 0 Å². The Morgan fingerprint density at radius 1 is 0.885 bits per heavy atom. The van der Waals surface area contributed by atoms with Crippen molar-refractivity contribution in [2.45, 2.75) is 0 Å². The van der Waals surface area contributed by atoms with Crippen molar-refractivity contribution in [1.82, 2.24) is 10.4 Å². The molecule has 0 saturated heterocycles. The number of carbonyl (C=O) groups is 1. The Kier molecular flexibility index (Phi) is 4.30. The molecule has 1 aromatic heterocycles. The molecular formula is C20H15N3O3. The van der Waals surface area contributed by atoms with E-state index in [1.165, 1.54) is 0 Å². The van der Waals surface area contributed by atoms with Gasteiger partial charge in [0.05, 0.1) is 5.71 Å². The van der Waals surface area contributed by atoms with Gasteiger partial charge in [0.25, 0.3) is 5.91 Å². The van der Waals surface area contributed by atoms with Crippen molar-refractivity contribution in [2.24, 2.45) is 5.10 Å². The first-order valence-corrected chi connectivity index (χ1v) is 8.05. The van der Waals surface area contributed by atoms with Crippen LogP contribution in [-0.4, -0.2) is 23.4 Å². The molecule has 0 saturated carbocycles. The number of hydrogen-bond donors (Lipinski definition) is 1. The van der Waals surface area contributed by atoms with Crippen molar-refractivity contribution in [1.29, 1.82) is 0 Å². The Hall–Kier alpha value is -3.67. The molecule has 0 bridgehead atoms. The fraction of sp³-hybridized carbons (Fsp3) is 0.0500. The van der Waals surface area contributed by atoms with Gasteiger partial charge in [-0.1, -0.05) is 30.3 Å². The number of nitrogens with zero attached hydrogens (tertiary/aromatic N) is 2. The number of hydrazone groups is 1. The van der Waals surface area contributed by atoms with Crippen LogP contribution in [0.1, 0.15) is 21.5 Å². The number of aromatic nitrogens is 1. The summed E-state index contributed by atoms with van der Waals surface area (Å²) in [6.45, 7) is 0.165. The maximum atomic E-state index is 12.5. The predicted molar refractivity (Wildman–Crippen MR) is 96.3 cm³/mol. The monoisotopic (exact) mass is 345 g/mol. The van der Waals surface area contributed by atoms with Gasteiger partial charge in [-0.3, -0.25) is 9.78 Å². The van der Waals surface area contributed by atoms with Gasteiger partial charge in [-0.25, -0.2) is 5.43 Å². The van der Waals surface area contributed by atoms with Gasteiger partial charge in [0.15, 0.2) is 11.5 Å². The van der Waals surface area contributed by atoms with Crippen LogP contribution in [0, 0.1) is 0 Å². The number of carbonyl (C=O) groups excluding carboxylic acids is 1. The van der Waals surface area contributed by atoms with Gasteiger partial charge in [0.1, 0.15) is 0 Å². The van der Waals surface area contributed by atoms with E-state index in [4.69, 9.17) is 9.47 Å².